The first-order chi connectivity index (χ1) is 8.76. The summed E-state index contributed by atoms with van der Waals surface area (Å²) in [4.78, 5) is 0. The normalized spacial score (nSPS) is 11.6. The quantitative estimate of drug-likeness (QED) is 0.836. The van der Waals surface area contributed by atoms with Crippen LogP contribution in [0.5, 0.6) is 5.75 Å². The van der Waals surface area contributed by atoms with Crippen LogP contribution in [0.15, 0.2) is 48.5 Å². The Kier molecular flexibility index (Phi) is 3.49. The molecule has 0 radical (unpaired) electrons. The average molecular weight is 238 g/mol. The molecule has 90 valence electrons. The number of rotatable bonds is 3. The van der Waals surface area contributed by atoms with Gasteiger partial charge in [-0.25, -0.2) is 0 Å². The Balaban J connectivity index is 2.44. The molecular weight excluding hydrogens is 224 g/mol. The van der Waals surface area contributed by atoms with Crippen LogP contribution in [-0.2, 0) is 0 Å². The average Bonchev–Trinajstić information content (AvgIpc) is 2.42. The second kappa shape index (κ2) is 5.24. The molecule has 2 aromatic rings. The molecule has 0 amide bonds. The lowest BCUT2D eigenvalue weighted by Crippen LogP contribution is -2.00. The smallest absolute Gasteiger partial charge is 0.142 e. The van der Waals surface area contributed by atoms with E-state index < -0.39 is 0 Å². The van der Waals surface area contributed by atoms with E-state index in [-0.39, 0.29) is 5.92 Å². The number of hydrogen-bond donors (Lipinski definition) is 1. The topological polar surface area (TPSA) is 59.0 Å². The van der Waals surface area contributed by atoms with Gasteiger partial charge in [0.2, 0.25) is 0 Å². The van der Waals surface area contributed by atoms with Gasteiger partial charge in [0.25, 0.3) is 0 Å². The number of anilines is 1. The van der Waals surface area contributed by atoms with Crippen molar-refractivity contribution in [2.75, 3.05) is 12.8 Å². The number of methoxy groups -OCH3 is 1. The van der Waals surface area contributed by atoms with Crippen LogP contribution >= 0.6 is 0 Å². The van der Waals surface area contributed by atoms with Gasteiger partial charge in [0.15, 0.2) is 0 Å². The summed E-state index contributed by atoms with van der Waals surface area (Å²) in [5.74, 6) is 0.296. The van der Waals surface area contributed by atoms with Crippen molar-refractivity contribution in [2.45, 2.75) is 5.92 Å². The van der Waals surface area contributed by atoms with Crippen LogP contribution in [0.4, 0.5) is 5.69 Å². The first-order valence-electron chi connectivity index (χ1n) is 5.64. The minimum atomic E-state index is -0.305. The zero-order valence-electron chi connectivity index (χ0n) is 10.1. The lowest BCUT2D eigenvalue weighted by molar-refractivity contribution is 0.416. The molecule has 0 spiro atoms. The Bertz CT molecular complexity index is 573. The summed E-state index contributed by atoms with van der Waals surface area (Å²) in [6, 6.07) is 17.4. The Morgan fingerprint density at radius 3 is 2.44 bits per heavy atom. The third-order valence-corrected chi connectivity index (χ3v) is 2.85. The van der Waals surface area contributed by atoms with Crippen LogP contribution in [0, 0.1) is 11.3 Å². The zero-order chi connectivity index (χ0) is 13.0. The van der Waals surface area contributed by atoms with Gasteiger partial charge in [-0.3, -0.25) is 0 Å². The number of nitrogens with two attached hydrogens (primary N) is 1. The van der Waals surface area contributed by atoms with Crippen LogP contribution in [0.3, 0.4) is 0 Å². The molecule has 3 heteroatoms. The van der Waals surface area contributed by atoms with E-state index in [1.807, 2.05) is 42.5 Å². The Morgan fingerprint density at radius 2 is 1.83 bits per heavy atom. The maximum Gasteiger partial charge on any atom is 0.142 e. The van der Waals surface area contributed by atoms with E-state index in [1.165, 1.54) is 0 Å². The fraction of sp³-hybridized carbons (Fsp3) is 0.133. The maximum atomic E-state index is 9.34. The largest absolute Gasteiger partial charge is 0.495 e. The molecule has 3 nitrogen and oxygen atoms in total. The minimum Gasteiger partial charge on any atom is -0.495 e. The number of hydrogen-bond acceptors (Lipinski definition) is 3. The van der Waals surface area contributed by atoms with Crippen LogP contribution in [-0.4, -0.2) is 7.11 Å². The molecule has 18 heavy (non-hydrogen) atoms. The van der Waals surface area contributed by atoms with Gasteiger partial charge in [-0.2, -0.15) is 5.26 Å². The standard InChI is InChI=1S/C15H14N2O/c1-18-15-9-12(7-8-14(15)17)13(10-16)11-5-3-2-4-6-11/h2-9,13H,17H2,1H3/t13-/m1/s1. The number of ether oxygens (including phenoxy) is 1. The van der Waals surface area contributed by atoms with Gasteiger partial charge in [-0.15, -0.1) is 0 Å². The van der Waals surface area contributed by atoms with Crippen molar-refractivity contribution in [3.05, 3.63) is 59.7 Å². The van der Waals surface area contributed by atoms with Crippen LogP contribution in [0.2, 0.25) is 0 Å². The fourth-order valence-electron chi connectivity index (χ4n) is 1.89. The summed E-state index contributed by atoms with van der Waals surface area (Å²) < 4.78 is 5.18. The van der Waals surface area contributed by atoms with E-state index in [0.717, 1.165) is 11.1 Å². The van der Waals surface area contributed by atoms with Gasteiger partial charge < -0.3 is 10.5 Å². The molecule has 0 unspecified atom stereocenters. The molecule has 0 aliphatic heterocycles. The summed E-state index contributed by atoms with van der Waals surface area (Å²) in [7, 11) is 1.57. The van der Waals surface area contributed by atoms with Crippen LogP contribution < -0.4 is 10.5 Å². The number of nitrogens with zero attached hydrogens (tertiary/aromatic N) is 1. The van der Waals surface area contributed by atoms with Gasteiger partial charge >= 0.3 is 0 Å². The van der Waals surface area contributed by atoms with Crippen molar-refractivity contribution in [2.24, 2.45) is 0 Å². The van der Waals surface area contributed by atoms with Crippen molar-refractivity contribution < 1.29 is 4.74 Å². The Morgan fingerprint density at radius 1 is 1.11 bits per heavy atom. The molecule has 0 saturated heterocycles. The second-order valence-electron chi connectivity index (χ2n) is 3.97. The summed E-state index contributed by atoms with van der Waals surface area (Å²) in [5, 5.41) is 9.34. The zero-order valence-corrected chi connectivity index (χ0v) is 10.1. The van der Waals surface area contributed by atoms with E-state index in [4.69, 9.17) is 10.5 Å². The third kappa shape index (κ3) is 2.28. The molecule has 1 atom stereocenters. The number of benzene rings is 2. The summed E-state index contributed by atoms with van der Waals surface area (Å²) in [6.07, 6.45) is 0. The Labute approximate surface area is 106 Å². The van der Waals surface area contributed by atoms with Crippen molar-refractivity contribution in [1.82, 2.24) is 0 Å². The lowest BCUT2D eigenvalue weighted by atomic mass is 9.92. The number of nitrogen functional groups attached to an aromatic ring is 1. The van der Waals surface area contributed by atoms with Crippen molar-refractivity contribution >= 4 is 5.69 Å². The summed E-state index contributed by atoms with van der Waals surface area (Å²) >= 11 is 0. The summed E-state index contributed by atoms with van der Waals surface area (Å²) in [5.41, 5.74) is 8.20. The molecule has 0 bridgehead atoms. The van der Waals surface area contributed by atoms with Crippen molar-refractivity contribution in [3.8, 4) is 11.8 Å². The van der Waals surface area contributed by atoms with E-state index in [1.54, 1.807) is 13.2 Å². The molecule has 2 aromatic carbocycles. The molecular formula is C15H14N2O. The van der Waals surface area contributed by atoms with Crippen molar-refractivity contribution in [3.63, 3.8) is 0 Å². The molecule has 2 N–H and O–H groups in total. The highest BCUT2D eigenvalue weighted by molar-refractivity contribution is 5.56. The molecule has 0 aliphatic carbocycles. The first kappa shape index (κ1) is 12.0. The van der Waals surface area contributed by atoms with E-state index in [2.05, 4.69) is 6.07 Å². The van der Waals surface area contributed by atoms with E-state index in [9.17, 15) is 5.26 Å². The predicted molar refractivity (Wildman–Crippen MR) is 71.3 cm³/mol. The van der Waals surface area contributed by atoms with E-state index >= 15 is 0 Å². The molecule has 0 saturated carbocycles. The second-order valence-corrected chi connectivity index (χ2v) is 3.97. The highest BCUT2D eigenvalue weighted by atomic mass is 16.5. The van der Waals surface area contributed by atoms with Gasteiger partial charge in [0.1, 0.15) is 5.75 Å². The summed E-state index contributed by atoms with van der Waals surface area (Å²) in [6.45, 7) is 0. The Hall–Kier alpha value is -2.47. The fourth-order valence-corrected chi connectivity index (χ4v) is 1.89. The van der Waals surface area contributed by atoms with Crippen molar-refractivity contribution in [1.29, 1.82) is 5.26 Å². The third-order valence-electron chi connectivity index (χ3n) is 2.85. The lowest BCUT2D eigenvalue weighted by Gasteiger charge is -2.12. The predicted octanol–water partition coefficient (Wildman–Crippen LogP) is 2.93. The monoisotopic (exact) mass is 238 g/mol. The number of nitriles is 1. The van der Waals surface area contributed by atoms with Crippen LogP contribution in [0.1, 0.15) is 17.0 Å². The first-order valence-corrected chi connectivity index (χ1v) is 5.64. The molecule has 0 heterocycles. The maximum absolute atomic E-state index is 9.34. The van der Waals surface area contributed by atoms with Gasteiger partial charge in [0, 0.05) is 0 Å². The minimum absolute atomic E-state index is 0.305. The van der Waals surface area contributed by atoms with Gasteiger partial charge in [-0.05, 0) is 23.3 Å². The highest BCUT2D eigenvalue weighted by Crippen LogP contribution is 2.30. The SMILES string of the molecule is COc1cc([C@H](C#N)c2ccccc2)ccc1N. The highest BCUT2D eigenvalue weighted by Gasteiger charge is 2.14. The molecule has 0 aromatic heterocycles. The molecule has 0 fully saturated rings. The molecule has 2 rings (SSSR count). The molecule has 0 aliphatic rings. The van der Waals surface area contributed by atoms with Crippen LogP contribution in [0.25, 0.3) is 0 Å². The van der Waals surface area contributed by atoms with Gasteiger partial charge in [-0.1, -0.05) is 36.4 Å². The van der Waals surface area contributed by atoms with E-state index in [0.29, 0.717) is 11.4 Å². The van der Waals surface area contributed by atoms with Gasteiger partial charge in [0.05, 0.1) is 24.8 Å².